The predicted molar refractivity (Wildman–Crippen MR) is 47.4 cm³/mol. The molecule has 0 aliphatic heterocycles. The summed E-state index contributed by atoms with van der Waals surface area (Å²) in [5.41, 5.74) is 4.89. The number of halogens is 3. The molecule has 1 atom stereocenters. The number of alkyl halides is 3. The van der Waals surface area contributed by atoms with Crippen LogP contribution in [0, 0.1) is 5.92 Å². The lowest BCUT2D eigenvalue weighted by molar-refractivity contribution is -0.150. The lowest BCUT2D eigenvalue weighted by Crippen LogP contribution is -2.37. The number of amidine groups is 1. The summed E-state index contributed by atoms with van der Waals surface area (Å²) in [5, 5.41) is 18.8. The summed E-state index contributed by atoms with van der Waals surface area (Å²) in [6, 6.07) is 0. The number of oxime groups is 1. The number of aliphatic hydroxyl groups is 1. The zero-order valence-electron chi connectivity index (χ0n) is 7.16. The van der Waals surface area contributed by atoms with Gasteiger partial charge in [0.2, 0.25) is 0 Å². The minimum absolute atomic E-state index is 0.186. The fraction of sp³-hybridized carbons (Fsp3) is 0.833. The molecule has 14 heavy (non-hydrogen) atoms. The molecule has 0 fully saturated rings. The van der Waals surface area contributed by atoms with E-state index >= 15 is 0 Å². The van der Waals surface area contributed by atoms with Gasteiger partial charge in [0.15, 0.2) is 5.84 Å². The van der Waals surface area contributed by atoms with Gasteiger partial charge in [0.05, 0.1) is 6.61 Å². The van der Waals surface area contributed by atoms with Crippen LogP contribution in [0.1, 0.15) is 0 Å². The predicted octanol–water partition coefficient (Wildman–Crippen LogP) is 0.637. The van der Waals surface area contributed by atoms with Crippen LogP contribution in [-0.2, 0) is 0 Å². The lowest BCUT2D eigenvalue weighted by atomic mass is 10.1. The monoisotopic (exact) mass is 232 g/mol. The van der Waals surface area contributed by atoms with Crippen molar-refractivity contribution in [3.63, 3.8) is 0 Å². The molecule has 4 N–H and O–H groups in total. The largest absolute Gasteiger partial charge is 0.409 e. The van der Waals surface area contributed by atoms with Gasteiger partial charge < -0.3 is 16.0 Å². The first-order chi connectivity index (χ1) is 6.43. The highest BCUT2D eigenvalue weighted by Crippen LogP contribution is 2.29. The third-order valence-electron chi connectivity index (χ3n) is 1.39. The molecule has 0 saturated heterocycles. The minimum atomic E-state index is -4.53. The number of hydrogen-bond acceptors (Lipinski definition) is 4. The SMILES string of the molecule is NC(=NO)C(CSCCO)C(F)(F)F. The maximum atomic E-state index is 12.2. The molecular weight excluding hydrogens is 221 g/mol. The first kappa shape index (κ1) is 13.4. The summed E-state index contributed by atoms with van der Waals surface area (Å²) in [5.74, 6) is -3.00. The summed E-state index contributed by atoms with van der Waals surface area (Å²) in [6.07, 6.45) is -4.53. The molecule has 4 nitrogen and oxygen atoms in total. The number of thioether (sulfide) groups is 1. The van der Waals surface area contributed by atoms with Crippen molar-refractivity contribution in [2.24, 2.45) is 16.8 Å². The van der Waals surface area contributed by atoms with E-state index in [1.54, 1.807) is 0 Å². The molecule has 0 spiro atoms. The van der Waals surface area contributed by atoms with Crippen molar-refractivity contribution in [2.75, 3.05) is 18.1 Å². The van der Waals surface area contributed by atoms with Gasteiger partial charge in [-0.1, -0.05) is 5.16 Å². The van der Waals surface area contributed by atoms with Crippen molar-refractivity contribution in [3.05, 3.63) is 0 Å². The molecule has 0 rings (SSSR count). The van der Waals surface area contributed by atoms with Crippen molar-refractivity contribution < 1.29 is 23.5 Å². The molecule has 0 bridgehead atoms. The van der Waals surface area contributed by atoms with Crippen LogP contribution in [0.2, 0.25) is 0 Å². The van der Waals surface area contributed by atoms with Crippen LogP contribution >= 0.6 is 11.8 Å². The molecule has 0 aromatic heterocycles. The molecular formula is C6H11F3N2O2S. The molecule has 1 unspecified atom stereocenters. The van der Waals surface area contributed by atoms with Gasteiger partial charge in [-0.05, 0) is 0 Å². The Labute approximate surface area is 83.0 Å². The normalized spacial score (nSPS) is 15.6. The van der Waals surface area contributed by atoms with Crippen LogP contribution in [0.3, 0.4) is 0 Å². The van der Waals surface area contributed by atoms with Crippen molar-refractivity contribution >= 4 is 17.6 Å². The van der Waals surface area contributed by atoms with E-state index in [0.717, 1.165) is 11.8 Å². The maximum absolute atomic E-state index is 12.2. The van der Waals surface area contributed by atoms with Crippen molar-refractivity contribution in [2.45, 2.75) is 6.18 Å². The molecule has 0 aromatic rings. The zero-order valence-corrected chi connectivity index (χ0v) is 7.98. The van der Waals surface area contributed by atoms with Gasteiger partial charge in [-0.3, -0.25) is 0 Å². The van der Waals surface area contributed by atoms with Crippen LogP contribution in [-0.4, -0.2) is 40.4 Å². The highest BCUT2D eigenvalue weighted by atomic mass is 32.2. The number of nitrogens with two attached hydrogens (primary N) is 1. The average molecular weight is 232 g/mol. The minimum Gasteiger partial charge on any atom is -0.409 e. The topological polar surface area (TPSA) is 78.8 Å². The Bertz CT molecular complexity index is 198. The van der Waals surface area contributed by atoms with Gasteiger partial charge in [0.1, 0.15) is 5.92 Å². The van der Waals surface area contributed by atoms with Gasteiger partial charge in [0.25, 0.3) is 0 Å². The molecule has 0 saturated carbocycles. The second kappa shape index (κ2) is 5.97. The van der Waals surface area contributed by atoms with E-state index in [-0.39, 0.29) is 18.1 Å². The summed E-state index contributed by atoms with van der Waals surface area (Å²) >= 11 is 0.890. The lowest BCUT2D eigenvalue weighted by Gasteiger charge is -2.17. The summed E-state index contributed by atoms with van der Waals surface area (Å²) in [4.78, 5) is 0. The van der Waals surface area contributed by atoms with E-state index < -0.39 is 17.9 Å². The Hall–Kier alpha value is -0.630. The van der Waals surface area contributed by atoms with E-state index in [9.17, 15) is 13.2 Å². The number of aliphatic hydroxyl groups excluding tert-OH is 1. The second-order valence-electron chi connectivity index (χ2n) is 2.42. The molecule has 0 amide bonds. The first-order valence-electron chi connectivity index (χ1n) is 3.66. The quantitative estimate of drug-likeness (QED) is 0.214. The van der Waals surface area contributed by atoms with E-state index in [1.165, 1.54) is 0 Å². The number of rotatable bonds is 5. The molecule has 0 radical (unpaired) electrons. The van der Waals surface area contributed by atoms with Crippen LogP contribution in [0.25, 0.3) is 0 Å². The number of hydrogen-bond donors (Lipinski definition) is 3. The summed E-state index contributed by atoms with van der Waals surface area (Å²) in [7, 11) is 0. The van der Waals surface area contributed by atoms with Crippen LogP contribution in [0.15, 0.2) is 5.16 Å². The van der Waals surface area contributed by atoms with E-state index in [0.29, 0.717) is 0 Å². The molecule has 0 aromatic carbocycles. The standard InChI is InChI=1S/C6H11F3N2O2S/c7-6(8,9)4(5(10)11-13)3-14-2-1-12/h4,12-13H,1-3H2,(H2,10,11). The Morgan fingerprint density at radius 2 is 2.07 bits per heavy atom. The highest BCUT2D eigenvalue weighted by molar-refractivity contribution is 7.99. The van der Waals surface area contributed by atoms with Gasteiger partial charge in [-0.25, -0.2) is 0 Å². The van der Waals surface area contributed by atoms with E-state index in [4.69, 9.17) is 16.0 Å². The van der Waals surface area contributed by atoms with Crippen molar-refractivity contribution in [1.29, 1.82) is 0 Å². The van der Waals surface area contributed by atoms with Crippen LogP contribution in [0.5, 0.6) is 0 Å². The Morgan fingerprint density at radius 1 is 1.50 bits per heavy atom. The van der Waals surface area contributed by atoms with Gasteiger partial charge in [-0.15, -0.1) is 0 Å². The molecule has 84 valence electrons. The average Bonchev–Trinajstić information content (AvgIpc) is 2.09. The molecule has 0 aliphatic rings. The van der Waals surface area contributed by atoms with Crippen molar-refractivity contribution in [1.82, 2.24) is 0 Å². The van der Waals surface area contributed by atoms with Crippen LogP contribution in [0.4, 0.5) is 13.2 Å². The van der Waals surface area contributed by atoms with Crippen molar-refractivity contribution in [3.8, 4) is 0 Å². The highest BCUT2D eigenvalue weighted by Gasteiger charge is 2.42. The van der Waals surface area contributed by atoms with E-state index in [2.05, 4.69) is 5.16 Å². The fourth-order valence-electron chi connectivity index (χ4n) is 0.683. The maximum Gasteiger partial charge on any atom is 0.399 e. The summed E-state index contributed by atoms with van der Waals surface area (Å²) in [6.45, 7) is -0.203. The van der Waals surface area contributed by atoms with Gasteiger partial charge in [0, 0.05) is 11.5 Å². The fourth-order valence-corrected chi connectivity index (χ4v) is 1.57. The summed E-state index contributed by atoms with van der Waals surface area (Å²) < 4.78 is 36.7. The Kier molecular flexibility index (Phi) is 5.70. The Balaban J connectivity index is 4.28. The number of nitrogens with zero attached hydrogens (tertiary/aromatic N) is 1. The molecule has 8 heteroatoms. The van der Waals surface area contributed by atoms with E-state index in [1.807, 2.05) is 0 Å². The van der Waals surface area contributed by atoms with Gasteiger partial charge in [-0.2, -0.15) is 24.9 Å². The second-order valence-corrected chi connectivity index (χ2v) is 3.57. The van der Waals surface area contributed by atoms with Gasteiger partial charge >= 0.3 is 6.18 Å². The zero-order chi connectivity index (χ0) is 11.2. The Morgan fingerprint density at radius 3 is 2.43 bits per heavy atom. The van der Waals surface area contributed by atoms with Crippen LogP contribution < -0.4 is 5.73 Å². The molecule has 0 aliphatic carbocycles. The third-order valence-corrected chi connectivity index (χ3v) is 2.43. The molecule has 0 heterocycles. The first-order valence-corrected chi connectivity index (χ1v) is 4.81. The smallest absolute Gasteiger partial charge is 0.399 e. The third kappa shape index (κ3) is 4.56.